The molecule has 1 atom stereocenters. The van der Waals surface area contributed by atoms with Gasteiger partial charge in [0.1, 0.15) is 11.6 Å². The van der Waals surface area contributed by atoms with Crippen LogP contribution < -0.4 is 4.74 Å². The Hall–Kier alpha value is -1.62. The monoisotopic (exact) mass is 323 g/mol. The van der Waals surface area contributed by atoms with Crippen molar-refractivity contribution in [3.05, 3.63) is 29.6 Å². The molecule has 0 saturated carbocycles. The van der Waals surface area contributed by atoms with Gasteiger partial charge in [0.15, 0.2) is 0 Å². The first-order chi connectivity index (χ1) is 11.1. The first-order valence-corrected chi connectivity index (χ1v) is 8.37. The Morgan fingerprint density at radius 1 is 1.43 bits per heavy atom. The van der Waals surface area contributed by atoms with Gasteiger partial charge in [-0.05, 0) is 50.6 Å². The Morgan fingerprint density at radius 3 is 2.70 bits per heavy atom. The highest BCUT2D eigenvalue weighted by Crippen LogP contribution is 2.36. The lowest BCUT2D eigenvalue weighted by molar-refractivity contribution is -0.143. The Bertz CT molecular complexity index is 527. The zero-order valence-corrected chi connectivity index (χ0v) is 13.9. The van der Waals surface area contributed by atoms with Crippen LogP contribution in [0.2, 0.25) is 0 Å². The number of carbonyl (C=O) groups is 1. The van der Waals surface area contributed by atoms with Gasteiger partial charge in [-0.3, -0.25) is 9.69 Å². The van der Waals surface area contributed by atoms with E-state index in [9.17, 15) is 9.18 Å². The lowest BCUT2D eigenvalue weighted by atomic mass is 9.92. The maximum atomic E-state index is 13.7. The number of halogens is 1. The number of likely N-dealkylation sites (tertiary alicyclic amines) is 1. The number of methoxy groups -OCH3 is 1. The van der Waals surface area contributed by atoms with Gasteiger partial charge in [-0.2, -0.15) is 0 Å². The summed E-state index contributed by atoms with van der Waals surface area (Å²) in [6, 6.07) is 4.72. The summed E-state index contributed by atoms with van der Waals surface area (Å²) in [6.07, 6.45) is 4.34. The van der Waals surface area contributed by atoms with Gasteiger partial charge in [0, 0.05) is 11.6 Å². The third-order valence-electron chi connectivity index (χ3n) is 4.70. The minimum Gasteiger partial charge on any atom is -0.496 e. The fourth-order valence-electron chi connectivity index (χ4n) is 3.36. The predicted molar refractivity (Wildman–Crippen MR) is 87.2 cm³/mol. The summed E-state index contributed by atoms with van der Waals surface area (Å²) in [4.78, 5) is 13.4. The van der Waals surface area contributed by atoms with Crippen molar-refractivity contribution in [3.63, 3.8) is 0 Å². The number of ether oxygens (including phenoxy) is 1. The van der Waals surface area contributed by atoms with E-state index in [1.165, 1.54) is 6.07 Å². The number of hydrogen-bond acceptors (Lipinski definition) is 3. The number of carboxylic acid groups (broad SMARTS) is 1. The number of carboxylic acids is 1. The van der Waals surface area contributed by atoms with Crippen LogP contribution in [-0.2, 0) is 4.79 Å². The van der Waals surface area contributed by atoms with Gasteiger partial charge < -0.3 is 9.84 Å². The van der Waals surface area contributed by atoms with Crippen molar-refractivity contribution in [2.45, 2.75) is 45.1 Å². The third-order valence-corrected chi connectivity index (χ3v) is 4.70. The third kappa shape index (κ3) is 4.44. The second-order valence-corrected chi connectivity index (χ2v) is 6.19. The lowest BCUT2D eigenvalue weighted by Crippen LogP contribution is -2.39. The van der Waals surface area contributed by atoms with E-state index in [0.29, 0.717) is 18.6 Å². The van der Waals surface area contributed by atoms with Gasteiger partial charge in [0.05, 0.1) is 13.0 Å². The standard InChI is InChI=1S/C18H26FNO3/c1-3-4-5-16(15-12-14(19)6-7-17(15)23-2)20-10-8-13(9-11-20)18(21)22/h6-7,12-13,16H,3-5,8-11H2,1-2H3,(H,21,22). The van der Waals surface area contributed by atoms with Gasteiger partial charge in [0.2, 0.25) is 0 Å². The summed E-state index contributed by atoms with van der Waals surface area (Å²) in [5.41, 5.74) is 0.870. The first kappa shape index (κ1) is 17.7. The van der Waals surface area contributed by atoms with Crippen LogP contribution in [0.4, 0.5) is 4.39 Å². The molecule has 0 spiro atoms. The van der Waals surface area contributed by atoms with Crippen LogP contribution in [0.25, 0.3) is 0 Å². The molecular weight excluding hydrogens is 297 g/mol. The average molecular weight is 323 g/mol. The number of benzene rings is 1. The van der Waals surface area contributed by atoms with Crippen molar-refractivity contribution >= 4 is 5.97 Å². The molecule has 1 fully saturated rings. The molecule has 23 heavy (non-hydrogen) atoms. The average Bonchev–Trinajstić information content (AvgIpc) is 2.56. The van der Waals surface area contributed by atoms with Crippen LogP contribution in [0.15, 0.2) is 18.2 Å². The maximum Gasteiger partial charge on any atom is 0.306 e. The van der Waals surface area contributed by atoms with Crippen LogP contribution in [0.3, 0.4) is 0 Å². The molecule has 1 unspecified atom stereocenters. The van der Waals surface area contributed by atoms with Crippen LogP contribution >= 0.6 is 0 Å². The van der Waals surface area contributed by atoms with Crippen molar-refractivity contribution in [1.29, 1.82) is 0 Å². The molecule has 0 amide bonds. The number of unbranched alkanes of at least 4 members (excludes halogenated alkanes) is 1. The second kappa shape index (κ2) is 8.29. The number of rotatable bonds is 7. The molecule has 0 bridgehead atoms. The Labute approximate surface area is 137 Å². The van der Waals surface area contributed by atoms with E-state index in [1.54, 1.807) is 19.2 Å². The van der Waals surface area contributed by atoms with Crippen molar-refractivity contribution < 1.29 is 19.0 Å². The minimum atomic E-state index is -0.710. The quantitative estimate of drug-likeness (QED) is 0.828. The second-order valence-electron chi connectivity index (χ2n) is 6.19. The van der Waals surface area contributed by atoms with Crippen molar-refractivity contribution in [2.24, 2.45) is 5.92 Å². The molecule has 5 heteroatoms. The molecule has 2 rings (SSSR count). The molecule has 4 nitrogen and oxygen atoms in total. The zero-order chi connectivity index (χ0) is 16.8. The highest BCUT2D eigenvalue weighted by Gasteiger charge is 2.30. The molecule has 1 N–H and O–H groups in total. The molecule has 1 aliphatic heterocycles. The largest absolute Gasteiger partial charge is 0.496 e. The summed E-state index contributed by atoms with van der Waals surface area (Å²) in [5, 5.41) is 9.15. The molecule has 1 saturated heterocycles. The SMILES string of the molecule is CCCCC(c1cc(F)ccc1OC)N1CCC(C(=O)O)CC1. The lowest BCUT2D eigenvalue weighted by Gasteiger charge is -2.37. The molecule has 1 aromatic rings. The van der Waals surface area contributed by atoms with Gasteiger partial charge in [-0.15, -0.1) is 0 Å². The van der Waals surface area contributed by atoms with E-state index in [0.717, 1.165) is 37.9 Å². The summed E-state index contributed by atoms with van der Waals surface area (Å²) in [5.74, 6) is -0.527. The minimum absolute atomic E-state index is 0.0790. The fraction of sp³-hybridized carbons (Fsp3) is 0.611. The van der Waals surface area contributed by atoms with E-state index in [1.807, 2.05) is 0 Å². The fourth-order valence-corrected chi connectivity index (χ4v) is 3.36. The Balaban J connectivity index is 2.21. The molecule has 1 heterocycles. The van der Waals surface area contributed by atoms with Crippen LogP contribution in [0.1, 0.15) is 50.6 Å². The molecule has 0 radical (unpaired) electrons. The van der Waals surface area contributed by atoms with E-state index < -0.39 is 5.97 Å². The smallest absolute Gasteiger partial charge is 0.306 e. The molecule has 1 aliphatic rings. The summed E-state index contributed by atoms with van der Waals surface area (Å²) >= 11 is 0. The zero-order valence-electron chi connectivity index (χ0n) is 13.9. The maximum absolute atomic E-state index is 13.7. The molecule has 0 aliphatic carbocycles. The predicted octanol–water partition coefficient (Wildman–Crippen LogP) is 3.86. The Kier molecular flexibility index (Phi) is 6.39. The van der Waals surface area contributed by atoms with Crippen LogP contribution in [-0.4, -0.2) is 36.2 Å². The topological polar surface area (TPSA) is 49.8 Å². The summed E-state index contributed by atoms with van der Waals surface area (Å²) < 4.78 is 19.2. The van der Waals surface area contributed by atoms with Crippen molar-refractivity contribution in [1.82, 2.24) is 4.90 Å². The number of hydrogen-bond donors (Lipinski definition) is 1. The molecule has 0 aromatic heterocycles. The van der Waals surface area contributed by atoms with Gasteiger partial charge in [-0.1, -0.05) is 19.8 Å². The van der Waals surface area contributed by atoms with Gasteiger partial charge >= 0.3 is 5.97 Å². The van der Waals surface area contributed by atoms with Crippen molar-refractivity contribution in [3.8, 4) is 5.75 Å². The van der Waals surface area contributed by atoms with Gasteiger partial charge in [0.25, 0.3) is 0 Å². The first-order valence-electron chi connectivity index (χ1n) is 8.37. The van der Waals surface area contributed by atoms with Crippen LogP contribution in [0, 0.1) is 11.7 Å². The van der Waals surface area contributed by atoms with E-state index >= 15 is 0 Å². The van der Waals surface area contributed by atoms with E-state index in [-0.39, 0.29) is 17.8 Å². The van der Waals surface area contributed by atoms with E-state index in [2.05, 4.69) is 11.8 Å². The summed E-state index contributed by atoms with van der Waals surface area (Å²) in [6.45, 7) is 3.59. The highest BCUT2D eigenvalue weighted by atomic mass is 19.1. The van der Waals surface area contributed by atoms with E-state index in [4.69, 9.17) is 9.84 Å². The number of nitrogens with zero attached hydrogens (tertiary/aromatic N) is 1. The molecular formula is C18H26FNO3. The summed E-state index contributed by atoms with van der Waals surface area (Å²) in [7, 11) is 1.60. The number of aliphatic carboxylic acids is 1. The van der Waals surface area contributed by atoms with Gasteiger partial charge in [-0.25, -0.2) is 4.39 Å². The normalized spacial score (nSPS) is 17.9. The molecule has 128 valence electrons. The molecule has 1 aromatic carbocycles. The number of piperidine rings is 1. The highest BCUT2D eigenvalue weighted by molar-refractivity contribution is 5.70. The van der Waals surface area contributed by atoms with Crippen LogP contribution in [0.5, 0.6) is 5.75 Å². The van der Waals surface area contributed by atoms with Crippen molar-refractivity contribution in [2.75, 3.05) is 20.2 Å². The Morgan fingerprint density at radius 2 is 2.13 bits per heavy atom.